The molecule has 268 valence electrons. The van der Waals surface area contributed by atoms with Crippen LogP contribution in [0.4, 0.5) is 52.7 Å². The number of benzene rings is 3. The van der Waals surface area contributed by atoms with E-state index in [0.29, 0.717) is 22.4 Å². The van der Waals surface area contributed by atoms with E-state index in [2.05, 4.69) is 6.58 Å². The lowest BCUT2D eigenvalue weighted by atomic mass is 9.70. The summed E-state index contributed by atoms with van der Waals surface area (Å²) in [7, 11) is 0. The van der Waals surface area contributed by atoms with Gasteiger partial charge in [-0.05, 0) is 54.3 Å². The van der Waals surface area contributed by atoms with E-state index in [9.17, 15) is 26.3 Å². The molecule has 0 spiro atoms. The van der Waals surface area contributed by atoms with Crippen LogP contribution >= 0.6 is 0 Å². The van der Waals surface area contributed by atoms with E-state index in [1.807, 2.05) is 18.2 Å². The van der Waals surface area contributed by atoms with Gasteiger partial charge in [-0.1, -0.05) is 48.5 Å². The van der Waals surface area contributed by atoms with Crippen LogP contribution in [0.15, 0.2) is 97.8 Å². The second-order valence-electron chi connectivity index (χ2n) is 12.7. The molecule has 7 rings (SSSR count). The highest BCUT2D eigenvalue weighted by atomic mass is 19.4. The Labute approximate surface area is 287 Å². The van der Waals surface area contributed by atoms with Crippen molar-refractivity contribution in [1.29, 1.82) is 0 Å². The van der Waals surface area contributed by atoms with Crippen LogP contribution in [0.5, 0.6) is 0 Å². The van der Waals surface area contributed by atoms with E-state index in [-0.39, 0.29) is 11.3 Å². The molecule has 0 fully saturated rings. The summed E-state index contributed by atoms with van der Waals surface area (Å²) in [6.07, 6.45) is -23.2. The van der Waals surface area contributed by atoms with Gasteiger partial charge in [-0.25, -0.2) is 0 Å². The molecule has 2 aliphatic rings. The first-order valence-electron chi connectivity index (χ1n) is 15.6. The SMILES string of the molecule is C=C1C2C(Cc3ccccc3-c3cc(-c4ccccc4)cc[n+]31)c1c(c(C(F)(F)F)c(C(F)(F)F)c(C(F)(F)F)c1C(F)(F)F)-c1ccc(C)c[n+]12. The third-order valence-electron chi connectivity index (χ3n) is 9.55. The number of allylic oxidation sites excluding steroid dienone is 1. The molecular weight excluding hydrogens is 712 g/mol. The van der Waals surface area contributed by atoms with Crippen molar-refractivity contribution < 1.29 is 61.8 Å². The Morgan fingerprint density at radius 2 is 1.19 bits per heavy atom. The molecule has 2 nitrogen and oxygen atoms in total. The Kier molecular flexibility index (Phi) is 7.93. The third-order valence-corrected chi connectivity index (χ3v) is 9.55. The fraction of sp³-hybridized carbons (Fsp3) is 0.211. The van der Waals surface area contributed by atoms with E-state index in [4.69, 9.17) is 0 Å². The molecule has 2 aromatic heterocycles. The van der Waals surface area contributed by atoms with Crippen molar-refractivity contribution in [1.82, 2.24) is 0 Å². The van der Waals surface area contributed by atoms with Crippen LogP contribution in [-0.4, -0.2) is 0 Å². The molecule has 0 radical (unpaired) electrons. The Morgan fingerprint density at radius 3 is 1.81 bits per heavy atom. The third kappa shape index (κ3) is 5.63. The highest BCUT2D eigenvalue weighted by molar-refractivity contribution is 5.78. The maximum Gasteiger partial charge on any atom is 0.417 e. The van der Waals surface area contributed by atoms with Gasteiger partial charge in [0.05, 0.1) is 33.7 Å². The number of rotatable bonds is 1. The molecule has 0 N–H and O–H groups in total. The zero-order valence-electron chi connectivity index (χ0n) is 26.7. The van der Waals surface area contributed by atoms with Crippen molar-refractivity contribution in [2.45, 2.75) is 50.0 Å². The summed E-state index contributed by atoms with van der Waals surface area (Å²) in [5.74, 6) is -1.92. The molecule has 2 atom stereocenters. The van der Waals surface area contributed by atoms with E-state index < -0.39 is 82.2 Å². The number of aromatic nitrogens is 2. The summed E-state index contributed by atoms with van der Waals surface area (Å²) in [6.45, 7) is 5.65. The first-order chi connectivity index (χ1) is 24.2. The van der Waals surface area contributed by atoms with Crippen LogP contribution < -0.4 is 9.13 Å². The Bertz CT molecular complexity index is 2260. The van der Waals surface area contributed by atoms with Crippen LogP contribution in [-0.2, 0) is 31.1 Å². The van der Waals surface area contributed by atoms with Gasteiger partial charge in [-0.2, -0.15) is 61.8 Å². The average Bonchev–Trinajstić information content (AvgIpc) is 3.05. The second kappa shape index (κ2) is 11.7. The van der Waals surface area contributed by atoms with Crippen molar-refractivity contribution in [3.63, 3.8) is 0 Å². The minimum absolute atomic E-state index is 0.0354. The van der Waals surface area contributed by atoms with E-state index in [0.717, 1.165) is 16.2 Å². The number of hydrogen-bond donors (Lipinski definition) is 0. The summed E-state index contributed by atoms with van der Waals surface area (Å²) < 4.78 is 181. The predicted octanol–water partition coefficient (Wildman–Crippen LogP) is 11.0. The highest BCUT2D eigenvalue weighted by Gasteiger charge is 2.62. The van der Waals surface area contributed by atoms with Crippen molar-refractivity contribution in [2.75, 3.05) is 0 Å². The van der Waals surface area contributed by atoms with E-state index in [1.165, 1.54) is 35.9 Å². The molecule has 4 heterocycles. The Hall–Kier alpha value is -5.14. The summed E-state index contributed by atoms with van der Waals surface area (Å²) in [4.78, 5) is 0. The maximum absolute atomic E-state index is 15.2. The largest absolute Gasteiger partial charge is 0.417 e. The van der Waals surface area contributed by atoms with Gasteiger partial charge >= 0.3 is 24.7 Å². The monoisotopic (exact) mass is 736 g/mol. The van der Waals surface area contributed by atoms with Gasteiger partial charge in [0.25, 0.3) is 0 Å². The standard InChI is InChI=1S/C38H24F12N2/c1-19-12-13-26-29-28(30(35(39,40)41)32(37(45,46)47)33(38(48,49)50)31(29)36(42,43)44)25-16-23-10-6-7-11-24(23)27-17-22(21-8-4-3-5-9-21)14-15-51(27)20(2)34(25)52(26)18-19/h3-15,17-18,25,34H,2,16H2,1H3/q+2. The lowest BCUT2D eigenvalue weighted by Gasteiger charge is -2.37. The fourth-order valence-corrected chi connectivity index (χ4v) is 7.68. The molecular formula is C38H24F12N2+2. The van der Waals surface area contributed by atoms with Crippen LogP contribution in [0.2, 0.25) is 0 Å². The number of aryl methyl sites for hydroxylation is 1. The lowest BCUT2D eigenvalue weighted by molar-refractivity contribution is -0.728. The van der Waals surface area contributed by atoms with Gasteiger partial charge < -0.3 is 0 Å². The maximum atomic E-state index is 15.2. The summed E-state index contributed by atoms with van der Waals surface area (Å²) in [5, 5.41) is 0. The first-order valence-corrected chi connectivity index (χ1v) is 15.6. The van der Waals surface area contributed by atoms with Crippen LogP contribution in [0, 0.1) is 6.92 Å². The molecule has 0 aliphatic carbocycles. The first kappa shape index (κ1) is 35.3. The number of alkyl halides is 12. The molecule has 0 bridgehead atoms. The molecule has 2 unspecified atom stereocenters. The minimum Gasteiger partial charge on any atom is -0.184 e. The Morgan fingerprint density at radius 1 is 0.615 bits per heavy atom. The van der Waals surface area contributed by atoms with Gasteiger partial charge in [-0.3, -0.25) is 0 Å². The number of pyridine rings is 2. The van der Waals surface area contributed by atoms with Crippen LogP contribution in [0.3, 0.4) is 0 Å². The minimum atomic E-state index is -6.51. The van der Waals surface area contributed by atoms with Crippen molar-refractivity contribution in [2.24, 2.45) is 0 Å². The lowest BCUT2D eigenvalue weighted by Crippen LogP contribution is -2.55. The molecule has 14 heteroatoms. The van der Waals surface area contributed by atoms with Gasteiger partial charge in [0.1, 0.15) is 0 Å². The molecule has 2 aliphatic heterocycles. The Balaban J connectivity index is 1.67. The number of nitrogens with zero attached hydrogens (tertiary/aromatic N) is 2. The zero-order valence-corrected chi connectivity index (χ0v) is 26.7. The van der Waals surface area contributed by atoms with Crippen LogP contribution in [0.1, 0.15) is 50.9 Å². The van der Waals surface area contributed by atoms with Crippen molar-refractivity contribution in [3.8, 4) is 33.6 Å². The number of hydrogen-bond acceptors (Lipinski definition) is 0. The van der Waals surface area contributed by atoms with Gasteiger partial charge in [0, 0.05) is 29.3 Å². The summed E-state index contributed by atoms with van der Waals surface area (Å²) in [6, 6.07) is 19.3. The molecule has 52 heavy (non-hydrogen) atoms. The number of fused-ring (bicyclic) bond motifs is 9. The van der Waals surface area contributed by atoms with Crippen molar-refractivity contribution in [3.05, 3.63) is 137 Å². The number of halogens is 12. The van der Waals surface area contributed by atoms with Crippen LogP contribution in [0.25, 0.3) is 39.3 Å². The smallest absolute Gasteiger partial charge is 0.184 e. The highest BCUT2D eigenvalue weighted by Crippen LogP contribution is 2.60. The predicted molar refractivity (Wildman–Crippen MR) is 165 cm³/mol. The zero-order chi connectivity index (χ0) is 37.7. The molecule has 0 saturated heterocycles. The van der Waals surface area contributed by atoms with E-state index in [1.54, 1.807) is 42.6 Å². The molecule has 0 saturated carbocycles. The van der Waals surface area contributed by atoms with E-state index >= 15 is 26.3 Å². The topological polar surface area (TPSA) is 7.76 Å². The molecule has 5 aromatic rings. The van der Waals surface area contributed by atoms with Gasteiger partial charge in [0.2, 0.25) is 23.1 Å². The average molecular weight is 737 g/mol. The fourth-order valence-electron chi connectivity index (χ4n) is 7.68. The summed E-state index contributed by atoms with van der Waals surface area (Å²) >= 11 is 0. The quantitative estimate of drug-likeness (QED) is 0.120. The van der Waals surface area contributed by atoms with Gasteiger partial charge in [0.15, 0.2) is 12.4 Å². The molecule has 0 amide bonds. The summed E-state index contributed by atoms with van der Waals surface area (Å²) in [5.41, 5.74) is -13.5. The van der Waals surface area contributed by atoms with Crippen molar-refractivity contribution >= 4 is 5.70 Å². The van der Waals surface area contributed by atoms with Gasteiger partial charge in [-0.15, -0.1) is 0 Å². The normalized spacial score (nSPS) is 17.3. The molecule has 3 aromatic carbocycles. The second-order valence-corrected chi connectivity index (χ2v) is 12.7.